The summed E-state index contributed by atoms with van der Waals surface area (Å²) in [6.07, 6.45) is 9.67. The van der Waals surface area contributed by atoms with Crippen LogP contribution in [-0.2, 0) is 14.2 Å². The number of nitrogens with one attached hydrogen (secondary N) is 1. The lowest BCUT2D eigenvalue weighted by molar-refractivity contribution is -0.403. The molecule has 25 heavy (non-hydrogen) atoms. The highest BCUT2D eigenvalue weighted by Crippen LogP contribution is 2.34. The highest BCUT2D eigenvalue weighted by Gasteiger charge is 2.42. The van der Waals surface area contributed by atoms with Gasteiger partial charge in [-0.2, -0.15) is 0 Å². The van der Waals surface area contributed by atoms with Gasteiger partial charge in [-0.05, 0) is 40.5 Å². The zero-order valence-electron chi connectivity index (χ0n) is 17.4. The van der Waals surface area contributed by atoms with Crippen LogP contribution in [0.5, 0.6) is 0 Å². The molecule has 0 aliphatic carbocycles. The van der Waals surface area contributed by atoms with E-state index in [2.05, 4.69) is 19.2 Å². The summed E-state index contributed by atoms with van der Waals surface area (Å²) in [5.74, 6) is -0.751. The number of rotatable bonds is 18. The molecule has 152 valence electrons. The van der Waals surface area contributed by atoms with Gasteiger partial charge >= 0.3 is 0 Å². The third kappa shape index (κ3) is 10.5. The topological polar surface area (TPSA) is 65.7 Å². The Kier molecular flexibility index (Phi) is 15.9. The van der Waals surface area contributed by atoms with Crippen LogP contribution in [0.2, 0.25) is 0 Å². The maximum Gasteiger partial charge on any atom is 0.285 e. The fraction of sp³-hybridized carbons (Fsp3) is 1.00. The molecule has 0 rings (SSSR count). The van der Waals surface area contributed by atoms with Crippen molar-refractivity contribution >= 4 is 0 Å². The van der Waals surface area contributed by atoms with Crippen LogP contribution in [0.25, 0.3) is 0 Å². The van der Waals surface area contributed by atoms with E-state index in [4.69, 9.17) is 19.9 Å². The minimum absolute atomic E-state index is 0.188. The highest BCUT2D eigenvalue weighted by atomic mass is 16.9. The smallest absolute Gasteiger partial charge is 0.285 e. The molecule has 3 N–H and O–H groups in total. The Morgan fingerprint density at radius 2 is 1.36 bits per heavy atom. The molecule has 0 fully saturated rings. The van der Waals surface area contributed by atoms with Gasteiger partial charge in [0.2, 0.25) is 0 Å². The number of hydrogen-bond donors (Lipinski definition) is 2. The van der Waals surface area contributed by atoms with Crippen molar-refractivity contribution in [2.24, 2.45) is 11.7 Å². The van der Waals surface area contributed by atoms with Crippen LogP contribution in [0.3, 0.4) is 0 Å². The van der Waals surface area contributed by atoms with E-state index in [0.717, 1.165) is 12.8 Å². The highest BCUT2D eigenvalue weighted by molar-refractivity contribution is 4.77. The molecule has 0 heterocycles. The monoisotopic (exact) mass is 360 g/mol. The molecule has 0 spiro atoms. The Bertz CT molecular complexity index is 273. The average molecular weight is 361 g/mol. The first-order chi connectivity index (χ1) is 12.1. The molecular formula is C20H44N2O3. The van der Waals surface area contributed by atoms with Gasteiger partial charge in [0.1, 0.15) is 0 Å². The maximum atomic E-state index is 6.04. The summed E-state index contributed by atoms with van der Waals surface area (Å²) >= 11 is 0. The molecule has 0 aliphatic rings. The predicted octanol–water partition coefficient (Wildman–Crippen LogP) is 4.40. The molecule has 5 heteroatoms. The van der Waals surface area contributed by atoms with Gasteiger partial charge in [0.05, 0.1) is 0 Å². The molecule has 2 atom stereocenters. The molecule has 0 saturated heterocycles. The van der Waals surface area contributed by atoms with E-state index in [9.17, 15) is 0 Å². The van der Waals surface area contributed by atoms with Crippen LogP contribution in [-0.4, -0.2) is 38.5 Å². The molecule has 0 aromatic carbocycles. The van der Waals surface area contributed by atoms with Crippen molar-refractivity contribution in [1.82, 2.24) is 5.32 Å². The van der Waals surface area contributed by atoms with E-state index in [1.165, 1.54) is 38.5 Å². The fourth-order valence-corrected chi connectivity index (χ4v) is 3.40. The van der Waals surface area contributed by atoms with Crippen LogP contribution in [0, 0.1) is 5.92 Å². The molecule has 0 aromatic heterocycles. The van der Waals surface area contributed by atoms with E-state index >= 15 is 0 Å². The molecule has 0 aromatic rings. The first kappa shape index (κ1) is 24.8. The molecule has 5 nitrogen and oxygen atoms in total. The Balaban J connectivity index is 4.93. The van der Waals surface area contributed by atoms with Gasteiger partial charge in [-0.15, -0.1) is 0 Å². The Morgan fingerprint density at radius 1 is 0.840 bits per heavy atom. The summed E-state index contributed by atoms with van der Waals surface area (Å²) in [5, 5.41) is 3.30. The van der Waals surface area contributed by atoms with Crippen molar-refractivity contribution in [3.05, 3.63) is 0 Å². The van der Waals surface area contributed by atoms with E-state index in [-0.39, 0.29) is 5.92 Å². The summed E-state index contributed by atoms with van der Waals surface area (Å²) in [6, 6.07) is 0.302. The molecular weight excluding hydrogens is 316 g/mol. The zero-order valence-corrected chi connectivity index (χ0v) is 17.4. The van der Waals surface area contributed by atoms with Crippen LogP contribution in [0.15, 0.2) is 0 Å². The fourth-order valence-electron chi connectivity index (χ4n) is 3.40. The third-order valence-electron chi connectivity index (χ3n) is 4.55. The lowest BCUT2D eigenvalue weighted by Gasteiger charge is -2.40. The normalized spacial score (nSPS) is 14.6. The first-order valence-corrected chi connectivity index (χ1v) is 10.4. The largest absolute Gasteiger partial charge is 0.328 e. The van der Waals surface area contributed by atoms with E-state index < -0.39 is 5.97 Å². The predicted molar refractivity (Wildman–Crippen MR) is 105 cm³/mol. The lowest BCUT2D eigenvalue weighted by Crippen LogP contribution is -2.49. The number of hydrogen-bond acceptors (Lipinski definition) is 5. The second-order valence-electron chi connectivity index (χ2n) is 6.70. The van der Waals surface area contributed by atoms with Crippen LogP contribution >= 0.6 is 0 Å². The Morgan fingerprint density at radius 3 is 1.84 bits per heavy atom. The third-order valence-corrected chi connectivity index (χ3v) is 4.55. The summed E-state index contributed by atoms with van der Waals surface area (Å²) in [4.78, 5) is 0. The molecule has 0 bridgehead atoms. The summed E-state index contributed by atoms with van der Waals surface area (Å²) in [5.41, 5.74) is 5.65. The number of unbranched alkanes of at least 4 members (excludes halogenated alkanes) is 5. The van der Waals surface area contributed by atoms with Gasteiger partial charge in [-0.25, -0.2) is 0 Å². The SMILES string of the molecule is CCCCCCCCC(CC(C)NCN)C(OCC)(OCC)OCC. The Labute approximate surface area is 156 Å². The van der Waals surface area contributed by atoms with Crippen molar-refractivity contribution in [2.45, 2.75) is 98.0 Å². The standard InChI is InChI=1S/C20H44N2O3/c1-6-10-11-12-13-14-15-19(16-18(5)22-17-21)20(23-7-2,24-8-3)25-9-4/h18-19,22H,6-17,21H2,1-5H3. The first-order valence-electron chi connectivity index (χ1n) is 10.4. The average Bonchev–Trinajstić information content (AvgIpc) is 2.57. The van der Waals surface area contributed by atoms with Gasteiger partial charge in [-0.1, -0.05) is 45.4 Å². The summed E-state index contributed by atoms with van der Waals surface area (Å²) < 4.78 is 18.1. The maximum absolute atomic E-state index is 6.04. The minimum Gasteiger partial charge on any atom is -0.328 e. The number of nitrogens with two attached hydrogens (primary N) is 1. The van der Waals surface area contributed by atoms with E-state index in [0.29, 0.717) is 32.5 Å². The van der Waals surface area contributed by atoms with Crippen molar-refractivity contribution in [3.8, 4) is 0 Å². The quantitative estimate of drug-likeness (QED) is 0.280. The van der Waals surface area contributed by atoms with Gasteiger partial charge in [0, 0.05) is 38.4 Å². The van der Waals surface area contributed by atoms with Crippen LogP contribution in [0.4, 0.5) is 0 Å². The van der Waals surface area contributed by atoms with E-state index in [1.54, 1.807) is 0 Å². The van der Waals surface area contributed by atoms with Crippen molar-refractivity contribution in [1.29, 1.82) is 0 Å². The minimum atomic E-state index is -0.938. The summed E-state index contributed by atoms with van der Waals surface area (Å²) in [6.45, 7) is 12.6. The molecule has 0 radical (unpaired) electrons. The van der Waals surface area contributed by atoms with E-state index in [1.807, 2.05) is 20.8 Å². The second kappa shape index (κ2) is 16.0. The van der Waals surface area contributed by atoms with Gasteiger partial charge in [0.25, 0.3) is 5.97 Å². The Hall–Kier alpha value is -0.200. The van der Waals surface area contributed by atoms with Crippen molar-refractivity contribution < 1.29 is 14.2 Å². The van der Waals surface area contributed by atoms with Gasteiger partial charge < -0.3 is 25.3 Å². The van der Waals surface area contributed by atoms with Crippen LogP contribution < -0.4 is 11.1 Å². The van der Waals surface area contributed by atoms with Crippen molar-refractivity contribution in [3.63, 3.8) is 0 Å². The lowest BCUT2D eigenvalue weighted by atomic mass is 9.91. The molecule has 0 aliphatic heterocycles. The second-order valence-corrected chi connectivity index (χ2v) is 6.70. The molecule has 0 saturated carbocycles. The molecule has 2 unspecified atom stereocenters. The van der Waals surface area contributed by atoms with Crippen molar-refractivity contribution in [2.75, 3.05) is 26.5 Å². The van der Waals surface area contributed by atoms with Crippen LogP contribution in [0.1, 0.15) is 86.0 Å². The number of ether oxygens (including phenoxy) is 3. The molecule has 0 amide bonds. The van der Waals surface area contributed by atoms with Gasteiger partial charge in [0.15, 0.2) is 0 Å². The summed E-state index contributed by atoms with van der Waals surface area (Å²) in [7, 11) is 0. The van der Waals surface area contributed by atoms with Gasteiger partial charge in [-0.3, -0.25) is 0 Å². The zero-order chi connectivity index (χ0) is 19.0.